The fourth-order valence-electron chi connectivity index (χ4n) is 2.83. The van der Waals surface area contributed by atoms with Crippen molar-refractivity contribution in [3.05, 3.63) is 64.2 Å². The number of sulfonamides is 1. The van der Waals surface area contributed by atoms with Crippen LogP contribution in [-0.4, -0.2) is 45.5 Å². The summed E-state index contributed by atoms with van der Waals surface area (Å²) in [4.78, 5) is 14.5. The van der Waals surface area contributed by atoms with E-state index in [1.807, 2.05) is 0 Å². The number of carbonyl (C=O) groups is 1. The molecular formula is C19H21ClN2O4S. The first-order chi connectivity index (χ1) is 12.9. The van der Waals surface area contributed by atoms with Crippen LogP contribution in [0.3, 0.4) is 0 Å². The molecule has 0 atom stereocenters. The maximum absolute atomic E-state index is 12.8. The van der Waals surface area contributed by atoms with Gasteiger partial charge in [0.15, 0.2) is 0 Å². The Kier molecular flexibility index (Phi) is 6.16. The molecule has 0 aliphatic carbocycles. The highest BCUT2D eigenvalue weighted by atomic mass is 35.5. The van der Waals surface area contributed by atoms with Crippen LogP contribution in [0.4, 0.5) is 0 Å². The Morgan fingerprint density at radius 3 is 2.59 bits per heavy atom. The van der Waals surface area contributed by atoms with Gasteiger partial charge in [-0.25, -0.2) is 13.1 Å². The predicted octanol–water partition coefficient (Wildman–Crippen LogP) is 2.60. The second-order valence-corrected chi connectivity index (χ2v) is 8.47. The SMILES string of the molecule is Cc1ccc(S(=O)(=O)NCc2ccccc2Cl)cc1C(=O)N1CCOCC1. The molecule has 1 fully saturated rings. The molecule has 2 aromatic rings. The van der Waals surface area contributed by atoms with Crippen LogP contribution in [0.2, 0.25) is 5.02 Å². The molecule has 144 valence electrons. The number of hydrogen-bond acceptors (Lipinski definition) is 4. The molecule has 0 saturated carbocycles. The molecule has 8 heteroatoms. The lowest BCUT2D eigenvalue weighted by molar-refractivity contribution is 0.0302. The van der Waals surface area contributed by atoms with Crippen LogP contribution in [0.25, 0.3) is 0 Å². The fourth-order valence-corrected chi connectivity index (χ4v) is 4.07. The number of rotatable bonds is 5. The van der Waals surface area contributed by atoms with E-state index in [-0.39, 0.29) is 17.3 Å². The molecule has 27 heavy (non-hydrogen) atoms. The average molecular weight is 409 g/mol. The highest BCUT2D eigenvalue weighted by molar-refractivity contribution is 7.89. The van der Waals surface area contributed by atoms with Crippen molar-refractivity contribution in [2.45, 2.75) is 18.4 Å². The van der Waals surface area contributed by atoms with E-state index in [2.05, 4.69) is 4.72 Å². The molecule has 0 spiro atoms. The number of halogens is 1. The van der Waals surface area contributed by atoms with Crippen molar-refractivity contribution >= 4 is 27.5 Å². The molecule has 0 radical (unpaired) electrons. The van der Waals surface area contributed by atoms with E-state index in [0.717, 1.165) is 5.56 Å². The van der Waals surface area contributed by atoms with Gasteiger partial charge in [-0.15, -0.1) is 0 Å². The van der Waals surface area contributed by atoms with Crippen LogP contribution in [0, 0.1) is 6.92 Å². The van der Waals surface area contributed by atoms with E-state index in [4.69, 9.17) is 16.3 Å². The highest BCUT2D eigenvalue weighted by Crippen LogP contribution is 2.20. The Bertz CT molecular complexity index is 940. The lowest BCUT2D eigenvalue weighted by Gasteiger charge is -2.27. The van der Waals surface area contributed by atoms with Gasteiger partial charge in [0.2, 0.25) is 10.0 Å². The van der Waals surface area contributed by atoms with Gasteiger partial charge in [0.1, 0.15) is 0 Å². The first-order valence-corrected chi connectivity index (χ1v) is 10.5. The summed E-state index contributed by atoms with van der Waals surface area (Å²) in [6, 6.07) is 11.6. The quantitative estimate of drug-likeness (QED) is 0.825. The Balaban J connectivity index is 1.81. The zero-order chi connectivity index (χ0) is 19.4. The highest BCUT2D eigenvalue weighted by Gasteiger charge is 2.23. The number of morpholine rings is 1. The van der Waals surface area contributed by atoms with Gasteiger partial charge in [-0.3, -0.25) is 4.79 Å². The third-order valence-corrected chi connectivity index (χ3v) is 6.23. The van der Waals surface area contributed by atoms with Gasteiger partial charge in [-0.1, -0.05) is 35.9 Å². The second-order valence-electron chi connectivity index (χ2n) is 6.30. The number of amides is 1. The molecule has 0 bridgehead atoms. The van der Waals surface area contributed by atoms with Crippen molar-refractivity contribution in [2.24, 2.45) is 0 Å². The molecule has 3 rings (SSSR count). The van der Waals surface area contributed by atoms with Crippen molar-refractivity contribution < 1.29 is 17.9 Å². The summed E-state index contributed by atoms with van der Waals surface area (Å²) in [6.45, 7) is 3.84. The molecule has 0 unspecified atom stereocenters. The average Bonchev–Trinajstić information content (AvgIpc) is 2.68. The minimum Gasteiger partial charge on any atom is -0.378 e. The van der Waals surface area contributed by atoms with Crippen molar-refractivity contribution in [3.8, 4) is 0 Å². The molecule has 1 aliphatic heterocycles. The Hall–Kier alpha value is -1.93. The summed E-state index contributed by atoms with van der Waals surface area (Å²) < 4.78 is 33.2. The number of aryl methyl sites for hydroxylation is 1. The van der Waals surface area contributed by atoms with E-state index in [9.17, 15) is 13.2 Å². The number of benzene rings is 2. The monoisotopic (exact) mass is 408 g/mol. The molecule has 6 nitrogen and oxygen atoms in total. The summed E-state index contributed by atoms with van der Waals surface area (Å²) in [7, 11) is -3.78. The first kappa shape index (κ1) is 19.8. The minimum atomic E-state index is -3.78. The third-order valence-electron chi connectivity index (χ3n) is 4.46. The number of nitrogens with one attached hydrogen (secondary N) is 1. The van der Waals surface area contributed by atoms with Crippen molar-refractivity contribution in [1.29, 1.82) is 0 Å². The van der Waals surface area contributed by atoms with Crippen LogP contribution in [0.1, 0.15) is 21.5 Å². The lowest BCUT2D eigenvalue weighted by Crippen LogP contribution is -2.41. The molecular weight excluding hydrogens is 388 g/mol. The molecule has 1 amide bonds. The number of hydrogen-bond donors (Lipinski definition) is 1. The van der Waals surface area contributed by atoms with Gasteiger partial charge < -0.3 is 9.64 Å². The van der Waals surface area contributed by atoms with E-state index in [1.165, 1.54) is 12.1 Å². The second kappa shape index (κ2) is 8.39. The third kappa shape index (κ3) is 4.68. The predicted molar refractivity (Wildman–Crippen MR) is 103 cm³/mol. The van der Waals surface area contributed by atoms with Crippen molar-refractivity contribution in [3.63, 3.8) is 0 Å². The van der Waals surface area contributed by atoms with Gasteiger partial charge >= 0.3 is 0 Å². The molecule has 1 saturated heterocycles. The normalized spacial score (nSPS) is 15.0. The zero-order valence-corrected chi connectivity index (χ0v) is 16.5. The molecule has 2 aromatic carbocycles. The van der Waals surface area contributed by atoms with Crippen LogP contribution < -0.4 is 4.72 Å². The number of nitrogens with zero attached hydrogens (tertiary/aromatic N) is 1. The Morgan fingerprint density at radius 2 is 1.89 bits per heavy atom. The smallest absolute Gasteiger partial charge is 0.254 e. The van der Waals surface area contributed by atoms with Crippen LogP contribution in [0.15, 0.2) is 47.4 Å². The summed E-state index contributed by atoms with van der Waals surface area (Å²) in [6.07, 6.45) is 0. The summed E-state index contributed by atoms with van der Waals surface area (Å²) >= 11 is 6.08. The fraction of sp³-hybridized carbons (Fsp3) is 0.316. The number of carbonyl (C=O) groups excluding carboxylic acids is 1. The summed E-state index contributed by atoms with van der Waals surface area (Å²) in [5.41, 5.74) is 1.80. The van der Waals surface area contributed by atoms with Gasteiger partial charge in [-0.05, 0) is 36.2 Å². The lowest BCUT2D eigenvalue weighted by atomic mass is 10.1. The van der Waals surface area contributed by atoms with Crippen LogP contribution in [0.5, 0.6) is 0 Å². The van der Waals surface area contributed by atoms with E-state index < -0.39 is 10.0 Å². The number of ether oxygens (including phenoxy) is 1. The zero-order valence-electron chi connectivity index (χ0n) is 14.9. The Labute approximate surface area is 164 Å². The topological polar surface area (TPSA) is 75.7 Å². The van der Waals surface area contributed by atoms with E-state index in [1.54, 1.807) is 42.2 Å². The largest absolute Gasteiger partial charge is 0.378 e. The van der Waals surface area contributed by atoms with Crippen LogP contribution >= 0.6 is 11.6 Å². The molecule has 0 aromatic heterocycles. The maximum atomic E-state index is 12.8. The van der Waals surface area contributed by atoms with E-state index >= 15 is 0 Å². The van der Waals surface area contributed by atoms with E-state index in [0.29, 0.717) is 42.5 Å². The first-order valence-electron chi connectivity index (χ1n) is 8.59. The standard InChI is InChI=1S/C19H21ClN2O4S/c1-14-6-7-16(12-17(14)19(23)22-8-10-26-11-9-22)27(24,25)21-13-15-4-2-3-5-18(15)20/h2-7,12,21H,8-11,13H2,1H3. The van der Waals surface area contributed by atoms with Gasteiger partial charge in [0, 0.05) is 30.2 Å². The summed E-state index contributed by atoms with van der Waals surface area (Å²) in [5.74, 6) is -0.182. The molecule has 1 aliphatic rings. The van der Waals surface area contributed by atoms with Crippen molar-refractivity contribution in [1.82, 2.24) is 9.62 Å². The van der Waals surface area contributed by atoms with Gasteiger partial charge in [0.25, 0.3) is 5.91 Å². The molecule has 1 heterocycles. The maximum Gasteiger partial charge on any atom is 0.254 e. The van der Waals surface area contributed by atoms with Crippen molar-refractivity contribution in [2.75, 3.05) is 26.3 Å². The Morgan fingerprint density at radius 1 is 1.19 bits per heavy atom. The molecule has 1 N–H and O–H groups in total. The van der Waals surface area contributed by atoms with Gasteiger partial charge in [0.05, 0.1) is 18.1 Å². The summed E-state index contributed by atoms with van der Waals surface area (Å²) in [5, 5.41) is 0.493. The van der Waals surface area contributed by atoms with Gasteiger partial charge in [-0.2, -0.15) is 0 Å². The minimum absolute atomic E-state index is 0.0526. The van der Waals surface area contributed by atoms with Crippen LogP contribution in [-0.2, 0) is 21.3 Å².